The monoisotopic (exact) mass is 322 g/mol. The number of nitrogens with two attached hydrogens (primary N) is 1. The van der Waals surface area contributed by atoms with E-state index in [9.17, 15) is 0 Å². The van der Waals surface area contributed by atoms with Gasteiger partial charge in [-0.15, -0.1) is 10.2 Å². The van der Waals surface area contributed by atoms with Crippen LogP contribution in [0, 0.1) is 0 Å². The first-order chi connectivity index (χ1) is 9.25. The van der Waals surface area contributed by atoms with Crippen LogP contribution in [0.25, 0.3) is 0 Å². The van der Waals surface area contributed by atoms with Crippen molar-refractivity contribution in [3.63, 3.8) is 0 Å². The van der Waals surface area contributed by atoms with Crippen molar-refractivity contribution < 1.29 is 4.74 Å². The summed E-state index contributed by atoms with van der Waals surface area (Å²) in [4.78, 5) is 0. The van der Waals surface area contributed by atoms with Gasteiger partial charge in [0.25, 0.3) is 0 Å². The summed E-state index contributed by atoms with van der Waals surface area (Å²) in [5, 5.41) is 8.41. The van der Waals surface area contributed by atoms with Crippen LogP contribution in [0.4, 0.5) is 5.69 Å². The summed E-state index contributed by atoms with van der Waals surface area (Å²) >= 11 is 3.44. The van der Waals surface area contributed by atoms with E-state index in [1.807, 2.05) is 18.2 Å². The molecule has 1 aromatic carbocycles. The second-order valence-corrected chi connectivity index (χ2v) is 5.44. The molecule has 0 atom stereocenters. The zero-order valence-electron chi connectivity index (χ0n) is 10.5. The number of nitrogens with zero attached hydrogens (tertiary/aromatic N) is 3. The molecule has 0 bridgehead atoms. The number of aromatic nitrogens is 3. The van der Waals surface area contributed by atoms with Crippen LogP contribution in [-0.2, 0) is 19.6 Å². The van der Waals surface area contributed by atoms with E-state index in [-0.39, 0.29) is 0 Å². The van der Waals surface area contributed by atoms with Crippen molar-refractivity contribution in [1.82, 2.24) is 14.8 Å². The Labute approximate surface area is 119 Å². The quantitative estimate of drug-likeness (QED) is 0.882. The maximum Gasteiger partial charge on any atom is 0.171 e. The minimum Gasteiger partial charge on any atom is -0.482 e. The van der Waals surface area contributed by atoms with Gasteiger partial charge < -0.3 is 15.0 Å². The topological polar surface area (TPSA) is 66.0 Å². The Hall–Kier alpha value is -1.56. The first kappa shape index (κ1) is 12.5. The Balaban J connectivity index is 1.78. The number of rotatable bonds is 3. The van der Waals surface area contributed by atoms with Gasteiger partial charge in [-0.1, -0.05) is 6.07 Å². The number of nitrogen functional groups attached to an aromatic ring is 1. The number of aryl methyl sites for hydroxylation is 1. The molecule has 2 aromatic rings. The molecule has 0 spiro atoms. The highest BCUT2D eigenvalue weighted by Crippen LogP contribution is 2.31. The standard InChI is InChI=1S/C13H15BrN4O/c14-9-4-3-5-10(15)13(9)19-8-12-17-16-11-6-1-2-7-18(11)12/h3-5H,1-2,6-8,15H2. The van der Waals surface area contributed by atoms with Crippen molar-refractivity contribution in [2.75, 3.05) is 5.73 Å². The van der Waals surface area contributed by atoms with Crippen LogP contribution in [0.1, 0.15) is 24.5 Å². The lowest BCUT2D eigenvalue weighted by atomic mass is 10.2. The van der Waals surface area contributed by atoms with Crippen molar-refractivity contribution in [2.45, 2.75) is 32.4 Å². The summed E-state index contributed by atoms with van der Waals surface area (Å²) in [6.45, 7) is 1.37. The van der Waals surface area contributed by atoms with Crippen LogP contribution >= 0.6 is 15.9 Å². The average Bonchev–Trinajstić information content (AvgIpc) is 2.82. The van der Waals surface area contributed by atoms with Crippen LogP contribution in [0.3, 0.4) is 0 Å². The first-order valence-electron chi connectivity index (χ1n) is 6.33. The van der Waals surface area contributed by atoms with Gasteiger partial charge in [0.2, 0.25) is 0 Å². The van der Waals surface area contributed by atoms with Crippen molar-refractivity contribution in [1.29, 1.82) is 0 Å². The largest absolute Gasteiger partial charge is 0.482 e. The summed E-state index contributed by atoms with van der Waals surface area (Å²) in [7, 11) is 0. The Morgan fingerprint density at radius 1 is 1.32 bits per heavy atom. The zero-order chi connectivity index (χ0) is 13.2. The van der Waals surface area contributed by atoms with Gasteiger partial charge in [-0.3, -0.25) is 0 Å². The van der Waals surface area contributed by atoms with Gasteiger partial charge in [0.1, 0.15) is 12.4 Å². The van der Waals surface area contributed by atoms with Crippen molar-refractivity contribution >= 4 is 21.6 Å². The Kier molecular flexibility index (Phi) is 3.42. The molecule has 2 N–H and O–H groups in total. The predicted octanol–water partition coefficient (Wildman–Crippen LogP) is 2.54. The molecule has 0 amide bonds. The number of para-hydroxylation sites is 1. The summed E-state index contributed by atoms with van der Waals surface area (Å²) in [6, 6.07) is 5.61. The van der Waals surface area contributed by atoms with Gasteiger partial charge >= 0.3 is 0 Å². The van der Waals surface area contributed by atoms with E-state index in [1.165, 1.54) is 12.8 Å². The lowest BCUT2D eigenvalue weighted by Gasteiger charge is -2.15. The number of fused-ring (bicyclic) bond motifs is 1. The molecule has 100 valence electrons. The lowest BCUT2D eigenvalue weighted by Crippen LogP contribution is -2.14. The third-order valence-corrected chi connectivity index (χ3v) is 3.90. The Morgan fingerprint density at radius 3 is 3.05 bits per heavy atom. The molecule has 0 saturated carbocycles. The maximum absolute atomic E-state index is 5.90. The molecule has 0 saturated heterocycles. The van der Waals surface area contributed by atoms with Crippen molar-refractivity contribution in [2.24, 2.45) is 0 Å². The van der Waals surface area contributed by atoms with Gasteiger partial charge in [0.05, 0.1) is 10.2 Å². The van der Waals surface area contributed by atoms with E-state index in [0.29, 0.717) is 18.0 Å². The van der Waals surface area contributed by atoms with Gasteiger partial charge in [-0.05, 0) is 40.9 Å². The third kappa shape index (κ3) is 2.45. The second kappa shape index (κ2) is 5.21. The summed E-state index contributed by atoms with van der Waals surface area (Å²) < 4.78 is 8.78. The van der Waals surface area contributed by atoms with Crippen LogP contribution < -0.4 is 10.5 Å². The van der Waals surface area contributed by atoms with Gasteiger partial charge in [-0.2, -0.15) is 0 Å². The molecule has 0 radical (unpaired) electrons. The minimum absolute atomic E-state index is 0.389. The fraction of sp³-hybridized carbons (Fsp3) is 0.385. The molecule has 5 nitrogen and oxygen atoms in total. The highest BCUT2D eigenvalue weighted by atomic mass is 79.9. The Bertz CT molecular complexity index is 576. The highest BCUT2D eigenvalue weighted by molar-refractivity contribution is 9.10. The highest BCUT2D eigenvalue weighted by Gasteiger charge is 2.16. The van der Waals surface area contributed by atoms with E-state index < -0.39 is 0 Å². The number of benzene rings is 1. The smallest absolute Gasteiger partial charge is 0.171 e. The van der Waals surface area contributed by atoms with Crippen molar-refractivity contribution in [3.05, 3.63) is 34.3 Å². The van der Waals surface area contributed by atoms with Crippen LogP contribution in [0.2, 0.25) is 0 Å². The number of anilines is 1. The number of halogens is 1. The van der Waals surface area contributed by atoms with Crippen LogP contribution in [-0.4, -0.2) is 14.8 Å². The Morgan fingerprint density at radius 2 is 2.21 bits per heavy atom. The van der Waals surface area contributed by atoms with Crippen LogP contribution in [0.15, 0.2) is 22.7 Å². The molecule has 19 heavy (non-hydrogen) atoms. The molecular weight excluding hydrogens is 308 g/mol. The fourth-order valence-electron chi connectivity index (χ4n) is 2.29. The number of hydrogen-bond donors (Lipinski definition) is 1. The van der Waals surface area contributed by atoms with Crippen molar-refractivity contribution in [3.8, 4) is 5.75 Å². The maximum atomic E-state index is 5.90. The lowest BCUT2D eigenvalue weighted by molar-refractivity contribution is 0.286. The molecular formula is C13H15BrN4O. The first-order valence-corrected chi connectivity index (χ1v) is 7.13. The SMILES string of the molecule is Nc1cccc(Br)c1OCc1nnc2n1CCCC2. The number of hydrogen-bond acceptors (Lipinski definition) is 4. The predicted molar refractivity (Wildman–Crippen MR) is 75.8 cm³/mol. The molecule has 0 aliphatic carbocycles. The van der Waals surface area contributed by atoms with E-state index >= 15 is 0 Å². The van der Waals surface area contributed by atoms with E-state index in [1.54, 1.807) is 0 Å². The normalized spacial score (nSPS) is 14.2. The minimum atomic E-state index is 0.389. The zero-order valence-corrected chi connectivity index (χ0v) is 12.1. The van der Waals surface area contributed by atoms with E-state index in [4.69, 9.17) is 10.5 Å². The molecule has 1 aliphatic rings. The summed E-state index contributed by atoms with van der Waals surface area (Å²) in [6.07, 6.45) is 3.37. The van der Waals surface area contributed by atoms with E-state index in [0.717, 1.165) is 29.1 Å². The number of ether oxygens (including phenoxy) is 1. The molecule has 6 heteroatoms. The molecule has 0 unspecified atom stereocenters. The fourth-order valence-corrected chi connectivity index (χ4v) is 2.79. The van der Waals surface area contributed by atoms with Gasteiger partial charge in [0, 0.05) is 13.0 Å². The molecule has 2 heterocycles. The molecule has 1 aliphatic heterocycles. The molecule has 3 rings (SSSR count). The average molecular weight is 323 g/mol. The third-order valence-electron chi connectivity index (χ3n) is 3.28. The van der Waals surface area contributed by atoms with Crippen LogP contribution in [0.5, 0.6) is 5.75 Å². The van der Waals surface area contributed by atoms with Gasteiger partial charge in [-0.25, -0.2) is 0 Å². The summed E-state index contributed by atoms with van der Waals surface area (Å²) in [5.74, 6) is 2.59. The molecule has 1 aromatic heterocycles. The van der Waals surface area contributed by atoms with Gasteiger partial charge in [0.15, 0.2) is 11.6 Å². The molecule has 0 fully saturated rings. The van der Waals surface area contributed by atoms with E-state index in [2.05, 4.69) is 30.7 Å². The second-order valence-electron chi connectivity index (χ2n) is 4.59. The summed E-state index contributed by atoms with van der Waals surface area (Å²) in [5.41, 5.74) is 6.52.